The Kier molecular flexibility index (Phi) is 3.39. The van der Waals surface area contributed by atoms with E-state index in [1.165, 1.54) is 0 Å². The van der Waals surface area contributed by atoms with E-state index in [0.29, 0.717) is 34.3 Å². The minimum Gasteiger partial charge on any atom is -0.483 e. The van der Waals surface area contributed by atoms with Crippen LogP contribution in [-0.2, 0) is 6.61 Å². The summed E-state index contributed by atoms with van der Waals surface area (Å²) in [7, 11) is 0. The van der Waals surface area contributed by atoms with Gasteiger partial charge in [0.25, 0.3) is 5.89 Å². The molecule has 0 aliphatic heterocycles. The molecule has 0 radical (unpaired) electrons. The molecule has 6 heteroatoms. The molecular weight excluding hydrogens is 244 g/mol. The zero-order chi connectivity index (χ0) is 12.3. The standard InChI is InChI=1S/C11H9ClN2O3/c1-7-13-11(17-14-7)6-16-10-4-2-3-9(12)8(10)5-15/h2-5H,6H2,1H3. The van der Waals surface area contributed by atoms with Crippen molar-refractivity contribution in [2.24, 2.45) is 0 Å². The number of ether oxygens (including phenoxy) is 1. The molecule has 5 nitrogen and oxygen atoms in total. The zero-order valence-corrected chi connectivity index (χ0v) is 9.77. The number of benzene rings is 1. The highest BCUT2D eigenvalue weighted by Crippen LogP contribution is 2.25. The number of aryl methyl sites for hydroxylation is 1. The lowest BCUT2D eigenvalue weighted by Gasteiger charge is -2.06. The number of carbonyl (C=O) groups excluding carboxylic acids is 1. The molecule has 0 saturated carbocycles. The molecule has 0 N–H and O–H groups in total. The molecule has 0 unspecified atom stereocenters. The van der Waals surface area contributed by atoms with Gasteiger partial charge in [0.1, 0.15) is 5.75 Å². The Labute approximate surface area is 102 Å². The van der Waals surface area contributed by atoms with Crippen LogP contribution in [0.15, 0.2) is 22.7 Å². The van der Waals surface area contributed by atoms with Gasteiger partial charge in [-0.15, -0.1) is 0 Å². The number of hydrogen-bond acceptors (Lipinski definition) is 5. The third-order valence-electron chi connectivity index (χ3n) is 2.05. The van der Waals surface area contributed by atoms with Gasteiger partial charge in [-0.05, 0) is 19.1 Å². The van der Waals surface area contributed by atoms with Crippen LogP contribution in [0.5, 0.6) is 5.75 Å². The van der Waals surface area contributed by atoms with Crippen molar-refractivity contribution in [1.29, 1.82) is 0 Å². The fourth-order valence-electron chi connectivity index (χ4n) is 1.30. The predicted octanol–water partition coefficient (Wildman–Crippen LogP) is 2.42. The molecule has 0 aliphatic rings. The number of aromatic nitrogens is 2. The van der Waals surface area contributed by atoms with E-state index in [1.54, 1.807) is 25.1 Å². The number of rotatable bonds is 4. The van der Waals surface area contributed by atoms with Crippen LogP contribution < -0.4 is 4.74 Å². The molecule has 0 bridgehead atoms. The Balaban J connectivity index is 2.14. The van der Waals surface area contributed by atoms with Crippen LogP contribution in [0, 0.1) is 6.92 Å². The summed E-state index contributed by atoms with van der Waals surface area (Å²) >= 11 is 5.85. The van der Waals surface area contributed by atoms with Crippen molar-refractivity contribution < 1.29 is 14.1 Å². The molecule has 0 fully saturated rings. The van der Waals surface area contributed by atoms with Gasteiger partial charge in [-0.3, -0.25) is 4.79 Å². The summed E-state index contributed by atoms with van der Waals surface area (Å²) < 4.78 is 10.3. The second-order valence-electron chi connectivity index (χ2n) is 3.29. The highest BCUT2D eigenvalue weighted by Gasteiger charge is 2.09. The smallest absolute Gasteiger partial charge is 0.264 e. The number of aldehydes is 1. The topological polar surface area (TPSA) is 65.2 Å². The molecule has 88 valence electrons. The van der Waals surface area contributed by atoms with Crippen LogP contribution in [0.4, 0.5) is 0 Å². The minimum absolute atomic E-state index is 0.0992. The van der Waals surface area contributed by atoms with Crippen LogP contribution in [0.25, 0.3) is 0 Å². The Morgan fingerprint density at radius 3 is 3.00 bits per heavy atom. The van der Waals surface area contributed by atoms with Crippen LogP contribution in [0.2, 0.25) is 5.02 Å². The van der Waals surface area contributed by atoms with E-state index in [-0.39, 0.29) is 6.61 Å². The van der Waals surface area contributed by atoms with E-state index in [0.717, 1.165) is 0 Å². The van der Waals surface area contributed by atoms with Gasteiger partial charge >= 0.3 is 0 Å². The summed E-state index contributed by atoms with van der Waals surface area (Å²) in [5, 5.41) is 3.97. The Morgan fingerprint density at radius 2 is 2.35 bits per heavy atom. The van der Waals surface area contributed by atoms with E-state index < -0.39 is 0 Å². The summed E-state index contributed by atoms with van der Waals surface area (Å²) in [6, 6.07) is 4.97. The van der Waals surface area contributed by atoms with Crippen molar-refractivity contribution in [3.05, 3.63) is 40.5 Å². The van der Waals surface area contributed by atoms with Gasteiger partial charge in [0.2, 0.25) is 0 Å². The molecule has 0 amide bonds. The van der Waals surface area contributed by atoms with E-state index in [2.05, 4.69) is 10.1 Å². The molecule has 17 heavy (non-hydrogen) atoms. The predicted molar refractivity (Wildman–Crippen MR) is 60.2 cm³/mol. The summed E-state index contributed by atoms with van der Waals surface area (Å²) in [5.74, 6) is 1.27. The fraction of sp³-hybridized carbons (Fsp3) is 0.182. The van der Waals surface area contributed by atoms with Gasteiger partial charge in [0.05, 0.1) is 10.6 Å². The maximum absolute atomic E-state index is 10.8. The zero-order valence-electron chi connectivity index (χ0n) is 9.01. The molecule has 2 rings (SSSR count). The SMILES string of the molecule is Cc1noc(COc2cccc(Cl)c2C=O)n1. The first-order valence-electron chi connectivity index (χ1n) is 4.86. The van der Waals surface area contributed by atoms with Crippen LogP contribution in [0.3, 0.4) is 0 Å². The molecule has 2 aromatic rings. The Hall–Kier alpha value is -1.88. The largest absolute Gasteiger partial charge is 0.483 e. The van der Waals surface area contributed by atoms with Gasteiger partial charge in [-0.2, -0.15) is 4.98 Å². The van der Waals surface area contributed by atoms with E-state index in [1.807, 2.05) is 0 Å². The molecular formula is C11H9ClN2O3. The van der Waals surface area contributed by atoms with Crippen LogP contribution in [0.1, 0.15) is 22.1 Å². The molecule has 0 atom stereocenters. The molecule has 0 spiro atoms. The van der Waals surface area contributed by atoms with Crippen molar-refractivity contribution >= 4 is 17.9 Å². The lowest BCUT2D eigenvalue weighted by Crippen LogP contribution is -1.99. The number of carbonyl (C=O) groups is 1. The number of nitrogens with zero attached hydrogens (tertiary/aromatic N) is 2. The maximum atomic E-state index is 10.8. The molecule has 1 heterocycles. The highest BCUT2D eigenvalue weighted by atomic mass is 35.5. The van der Waals surface area contributed by atoms with Crippen molar-refractivity contribution in [3.63, 3.8) is 0 Å². The quantitative estimate of drug-likeness (QED) is 0.782. The molecule has 0 saturated heterocycles. The summed E-state index contributed by atoms with van der Waals surface area (Å²) in [4.78, 5) is 14.8. The summed E-state index contributed by atoms with van der Waals surface area (Å²) in [6.45, 7) is 1.81. The second-order valence-corrected chi connectivity index (χ2v) is 3.70. The summed E-state index contributed by atoms with van der Waals surface area (Å²) in [5.41, 5.74) is 0.311. The normalized spacial score (nSPS) is 10.2. The first-order chi connectivity index (χ1) is 8.20. The first-order valence-corrected chi connectivity index (χ1v) is 5.24. The average molecular weight is 253 g/mol. The number of halogens is 1. The van der Waals surface area contributed by atoms with Gasteiger partial charge in [-0.1, -0.05) is 22.8 Å². The summed E-state index contributed by atoms with van der Waals surface area (Å²) in [6.07, 6.45) is 0.650. The van der Waals surface area contributed by atoms with Crippen LogP contribution >= 0.6 is 11.6 Å². The van der Waals surface area contributed by atoms with Crippen molar-refractivity contribution in [1.82, 2.24) is 10.1 Å². The monoisotopic (exact) mass is 252 g/mol. The van der Waals surface area contributed by atoms with Crippen molar-refractivity contribution in [2.45, 2.75) is 13.5 Å². The lowest BCUT2D eigenvalue weighted by atomic mass is 10.2. The second kappa shape index (κ2) is 4.97. The molecule has 0 aliphatic carbocycles. The number of hydrogen-bond donors (Lipinski definition) is 0. The van der Waals surface area contributed by atoms with Gasteiger partial charge in [0.15, 0.2) is 18.7 Å². The average Bonchev–Trinajstić information content (AvgIpc) is 2.72. The van der Waals surface area contributed by atoms with Gasteiger partial charge in [0, 0.05) is 0 Å². The van der Waals surface area contributed by atoms with E-state index >= 15 is 0 Å². The van der Waals surface area contributed by atoms with E-state index in [4.69, 9.17) is 20.9 Å². The van der Waals surface area contributed by atoms with Gasteiger partial charge < -0.3 is 9.26 Å². The first kappa shape index (κ1) is 11.6. The molecule has 1 aromatic carbocycles. The third kappa shape index (κ3) is 2.62. The van der Waals surface area contributed by atoms with Crippen molar-refractivity contribution in [3.8, 4) is 5.75 Å². The lowest BCUT2D eigenvalue weighted by molar-refractivity contribution is 0.111. The molecule has 1 aromatic heterocycles. The fourth-order valence-corrected chi connectivity index (χ4v) is 1.51. The van der Waals surface area contributed by atoms with E-state index in [9.17, 15) is 4.79 Å². The highest BCUT2D eigenvalue weighted by molar-refractivity contribution is 6.33. The Bertz CT molecular complexity index is 539. The van der Waals surface area contributed by atoms with Crippen LogP contribution in [-0.4, -0.2) is 16.4 Å². The maximum Gasteiger partial charge on any atom is 0.264 e. The Morgan fingerprint density at radius 1 is 1.53 bits per heavy atom. The minimum atomic E-state index is 0.0992. The van der Waals surface area contributed by atoms with Crippen molar-refractivity contribution in [2.75, 3.05) is 0 Å². The van der Waals surface area contributed by atoms with Gasteiger partial charge in [-0.25, -0.2) is 0 Å². The third-order valence-corrected chi connectivity index (χ3v) is 2.38.